The van der Waals surface area contributed by atoms with Gasteiger partial charge in [-0.3, -0.25) is 0 Å². The molecule has 100 valence electrons. The molecule has 0 atom stereocenters. The molecular weight excluding hydrogens is 243 g/mol. The van der Waals surface area contributed by atoms with E-state index in [1.165, 1.54) is 12.1 Å². The molecule has 0 saturated heterocycles. The van der Waals surface area contributed by atoms with E-state index >= 15 is 0 Å². The van der Waals surface area contributed by atoms with Crippen LogP contribution in [0.4, 0.5) is 15.9 Å². The fourth-order valence-electron chi connectivity index (χ4n) is 1.96. The van der Waals surface area contributed by atoms with E-state index in [2.05, 4.69) is 10.2 Å². The third-order valence-corrected chi connectivity index (χ3v) is 3.28. The molecule has 0 unspecified atom stereocenters. The summed E-state index contributed by atoms with van der Waals surface area (Å²) in [6.07, 6.45) is 0. The van der Waals surface area contributed by atoms with Gasteiger partial charge in [-0.1, -0.05) is 6.07 Å². The minimum Gasteiger partial charge on any atom is -0.328 e. The van der Waals surface area contributed by atoms with E-state index in [0.29, 0.717) is 18.1 Å². The predicted octanol–water partition coefficient (Wildman–Crippen LogP) is 2.46. The van der Waals surface area contributed by atoms with Crippen molar-refractivity contribution in [1.29, 1.82) is 0 Å². The highest BCUT2D eigenvalue weighted by Gasteiger charge is 2.15. The molecule has 2 aromatic rings. The van der Waals surface area contributed by atoms with Crippen molar-refractivity contribution in [2.75, 3.05) is 11.9 Å². The maximum absolute atomic E-state index is 13.3. The third-order valence-electron chi connectivity index (χ3n) is 3.28. The number of nitrogens with zero attached hydrogens (tertiary/aromatic N) is 3. The first kappa shape index (κ1) is 13.4. The lowest BCUT2D eigenvalue weighted by atomic mass is 10.1. The maximum atomic E-state index is 13.3. The normalized spacial score (nSPS) is 10.6. The van der Waals surface area contributed by atoms with Crippen molar-refractivity contribution in [1.82, 2.24) is 10.2 Å². The molecule has 2 N–H and O–H groups in total. The molecule has 0 saturated carbocycles. The van der Waals surface area contributed by atoms with Gasteiger partial charge >= 0.3 is 0 Å². The number of anilines is 2. The molecule has 19 heavy (non-hydrogen) atoms. The first-order valence-electron chi connectivity index (χ1n) is 6.06. The number of hydrogen-bond donors (Lipinski definition) is 1. The Morgan fingerprint density at radius 3 is 2.63 bits per heavy atom. The lowest BCUT2D eigenvalue weighted by molar-refractivity contribution is 0.628. The second kappa shape index (κ2) is 5.32. The average Bonchev–Trinajstić information content (AvgIpc) is 2.41. The first-order valence-corrected chi connectivity index (χ1v) is 6.06. The van der Waals surface area contributed by atoms with E-state index < -0.39 is 0 Å². The van der Waals surface area contributed by atoms with Crippen molar-refractivity contribution in [2.24, 2.45) is 5.73 Å². The molecule has 2 rings (SSSR count). The highest BCUT2D eigenvalue weighted by atomic mass is 19.1. The van der Waals surface area contributed by atoms with E-state index in [1.54, 1.807) is 11.0 Å². The monoisotopic (exact) mass is 260 g/mol. The van der Waals surface area contributed by atoms with Crippen LogP contribution in [0.2, 0.25) is 0 Å². The van der Waals surface area contributed by atoms with Crippen LogP contribution in [0, 0.1) is 19.7 Å². The van der Waals surface area contributed by atoms with Gasteiger partial charge in [-0.2, -0.15) is 5.10 Å². The summed E-state index contributed by atoms with van der Waals surface area (Å²) in [7, 11) is 1.83. The summed E-state index contributed by atoms with van der Waals surface area (Å²) in [5.74, 6) is 0.381. The number of aromatic nitrogens is 2. The Morgan fingerprint density at radius 2 is 2.00 bits per heavy atom. The van der Waals surface area contributed by atoms with Gasteiger partial charge in [-0.15, -0.1) is 5.10 Å². The van der Waals surface area contributed by atoms with Crippen LogP contribution < -0.4 is 10.6 Å². The van der Waals surface area contributed by atoms with Gasteiger partial charge in [0.15, 0.2) is 5.82 Å². The van der Waals surface area contributed by atoms with Crippen LogP contribution in [0.5, 0.6) is 0 Å². The molecule has 0 aliphatic carbocycles. The second-order valence-electron chi connectivity index (χ2n) is 4.46. The summed E-state index contributed by atoms with van der Waals surface area (Å²) < 4.78 is 13.3. The van der Waals surface area contributed by atoms with Crippen LogP contribution in [0.3, 0.4) is 0 Å². The molecular formula is C14H17FN4. The number of aryl methyl sites for hydroxylation is 1. The van der Waals surface area contributed by atoms with Crippen molar-refractivity contribution < 1.29 is 4.39 Å². The molecule has 0 aliphatic rings. The van der Waals surface area contributed by atoms with E-state index in [0.717, 1.165) is 16.8 Å². The number of benzene rings is 1. The summed E-state index contributed by atoms with van der Waals surface area (Å²) in [4.78, 5) is 1.80. The van der Waals surface area contributed by atoms with E-state index in [-0.39, 0.29) is 5.82 Å². The second-order valence-corrected chi connectivity index (χ2v) is 4.46. The average molecular weight is 260 g/mol. The molecule has 0 bridgehead atoms. The molecule has 0 aliphatic heterocycles. The lowest BCUT2D eigenvalue weighted by Gasteiger charge is -2.22. The molecule has 0 radical (unpaired) electrons. The van der Waals surface area contributed by atoms with E-state index in [1.807, 2.05) is 27.0 Å². The fraction of sp³-hybridized carbons (Fsp3) is 0.286. The minimum absolute atomic E-state index is 0.282. The standard InChI is InChI=1S/C14H17FN4/c1-9-10(2)17-18-14(13(9)8-16)19(3)12-6-4-5-11(15)7-12/h4-7H,8,16H2,1-3H3. The van der Waals surface area contributed by atoms with Gasteiger partial charge in [0.2, 0.25) is 0 Å². The van der Waals surface area contributed by atoms with Crippen LogP contribution >= 0.6 is 0 Å². The zero-order valence-electron chi connectivity index (χ0n) is 11.3. The zero-order chi connectivity index (χ0) is 14.0. The smallest absolute Gasteiger partial charge is 0.160 e. The lowest BCUT2D eigenvalue weighted by Crippen LogP contribution is -2.18. The SMILES string of the molecule is Cc1nnc(N(C)c2cccc(F)c2)c(CN)c1C. The van der Waals surface area contributed by atoms with Gasteiger partial charge in [-0.25, -0.2) is 4.39 Å². The molecule has 1 aromatic heterocycles. The van der Waals surface area contributed by atoms with Gasteiger partial charge < -0.3 is 10.6 Å². The number of halogens is 1. The fourth-order valence-corrected chi connectivity index (χ4v) is 1.96. The van der Waals surface area contributed by atoms with Crippen LogP contribution in [-0.2, 0) is 6.54 Å². The predicted molar refractivity (Wildman–Crippen MR) is 73.9 cm³/mol. The largest absolute Gasteiger partial charge is 0.328 e. The molecule has 1 aromatic carbocycles. The summed E-state index contributed by atoms with van der Waals surface area (Å²) in [6.45, 7) is 4.24. The van der Waals surface area contributed by atoms with Crippen molar-refractivity contribution in [3.8, 4) is 0 Å². The van der Waals surface area contributed by atoms with Gasteiger partial charge in [0.25, 0.3) is 0 Å². The van der Waals surface area contributed by atoms with E-state index in [4.69, 9.17) is 5.73 Å². The molecule has 4 nitrogen and oxygen atoms in total. The number of hydrogen-bond acceptors (Lipinski definition) is 4. The van der Waals surface area contributed by atoms with Crippen molar-refractivity contribution in [3.05, 3.63) is 46.9 Å². The quantitative estimate of drug-likeness (QED) is 0.921. The summed E-state index contributed by atoms with van der Waals surface area (Å²) in [5, 5.41) is 8.30. The Labute approximate surface area is 112 Å². The van der Waals surface area contributed by atoms with E-state index in [9.17, 15) is 4.39 Å². The molecule has 0 fully saturated rings. The Bertz CT molecular complexity index is 598. The number of nitrogens with two attached hydrogens (primary N) is 1. The highest BCUT2D eigenvalue weighted by molar-refractivity contribution is 5.63. The topological polar surface area (TPSA) is 55.0 Å². The van der Waals surface area contributed by atoms with Gasteiger partial charge in [0.1, 0.15) is 5.82 Å². The van der Waals surface area contributed by atoms with Crippen LogP contribution in [0.25, 0.3) is 0 Å². The summed E-state index contributed by atoms with van der Waals surface area (Å²) in [5.41, 5.74) is 9.32. The van der Waals surface area contributed by atoms with Crippen LogP contribution in [0.1, 0.15) is 16.8 Å². The van der Waals surface area contributed by atoms with Crippen LogP contribution in [-0.4, -0.2) is 17.2 Å². The van der Waals surface area contributed by atoms with Gasteiger partial charge in [0.05, 0.1) is 5.69 Å². The van der Waals surface area contributed by atoms with Gasteiger partial charge in [-0.05, 0) is 37.6 Å². The summed E-state index contributed by atoms with van der Waals surface area (Å²) >= 11 is 0. The minimum atomic E-state index is -0.282. The Hall–Kier alpha value is -2.01. The third kappa shape index (κ3) is 2.56. The Balaban J connectivity index is 2.50. The van der Waals surface area contributed by atoms with Crippen molar-refractivity contribution in [3.63, 3.8) is 0 Å². The number of rotatable bonds is 3. The molecule has 0 spiro atoms. The molecule has 1 heterocycles. The Kier molecular flexibility index (Phi) is 3.76. The zero-order valence-corrected chi connectivity index (χ0v) is 11.3. The van der Waals surface area contributed by atoms with Crippen molar-refractivity contribution in [2.45, 2.75) is 20.4 Å². The highest BCUT2D eigenvalue weighted by Crippen LogP contribution is 2.27. The summed E-state index contributed by atoms with van der Waals surface area (Å²) in [6, 6.07) is 6.35. The Morgan fingerprint density at radius 1 is 1.26 bits per heavy atom. The van der Waals surface area contributed by atoms with Gasteiger partial charge in [0, 0.05) is 24.8 Å². The van der Waals surface area contributed by atoms with Crippen molar-refractivity contribution >= 4 is 11.5 Å². The molecule has 5 heteroatoms. The van der Waals surface area contributed by atoms with Crippen LogP contribution in [0.15, 0.2) is 24.3 Å². The maximum Gasteiger partial charge on any atom is 0.160 e. The molecule has 0 amide bonds. The first-order chi connectivity index (χ1) is 9.04.